The molecule has 0 aliphatic carbocycles. The minimum absolute atomic E-state index is 0.00530. The third-order valence-electron chi connectivity index (χ3n) is 7.19. The van der Waals surface area contributed by atoms with Gasteiger partial charge in [0, 0.05) is 29.3 Å². The summed E-state index contributed by atoms with van der Waals surface area (Å²) in [5, 5.41) is 7.27. The van der Waals surface area contributed by atoms with Crippen molar-refractivity contribution < 1.29 is 18.4 Å². The fraction of sp³-hybridized carbons (Fsp3) is 0.281. The molecule has 4 aromatic rings. The van der Waals surface area contributed by atoms with Crippen molar-refractivity contribution >= 4 is 29.4 Å². The molecule has 5 rings (SSSR count). The molecule has 9 heteroatoms. The number of hydrogen-bond acceptors (Lipinski definition) is 4. The Morgan fingerprint density at radius 2 is 1.83 bits per heavy atom. The van der Waals surface area contributed by atoms with Crippen molar-refractivity contribution in [1.29, 1.82) is 0 Å². The van der Waals surface area contributed by atoms with Crippen LogP contribution in [-0.2, 0) is 9.59 Å². The van der Waals surface area contributed by atoms with Crippen molar-refractivity contribution in [3.8, 4) is 16.9 Å². The maximum atomic E-state index is 15.4. The van der Waals surface area contributed by atoms with Gasteiger partial charge in [-0.3, -0.25) is 14.5 Å². The molecule has 0 fully saturated rings. The molecular weight excluding hydrogens is 542 g/mol. The van der Waals surface area contributed by atoms with Crippen molar-refractivity contribution in [3.63, 3.8) is 0 Å². The number of carbonyl (C=O) groups excluding carboxylic acids is 2. The fourth-order valence-corrected chi connectivity index (χ4v) is 6.16. The van der Waals surface area contributed by atoms with E-state index in [0.29, 0.717) is 23.6 Å². The summed E-state index contributed by atoms with van der Waals surface area (Å²) in [6.07, 6.45) is 0. The van der Waals surface area contributed by atoms with Crippen LogP contribution in [0, 0.1) is 31.4 Å². The van der Waals surface area contributed by atoms with Gasteiger partial charge in [-0.2, -0.15) is 5.10 Å². The number of aryl methyl sites for hydroxylation is 1. The monoisotopic (exact) mass is 574 g/mol. The second-order valence-corrected chi connectivity index (χ2v) is 11.7. The van der Waals surface area contributed by atoms with Crippen LogP contribution in [0.5, 0.6) is 0 Å². The summed E-state index contributed by atoms with van der Waals surface area (Å²) in [6, 6.07) is 18.8. The largest absolute Gasteiger partial charge is 0.354 e. The number of thioether (sulfide) groups is 1. The number of carbonyl (C=O) groups is 2. The average Bonchev–Trinajstić information content (AvgIpc) is 3.27. The zero-order valence-corrected chi connectivity index (χ0v) is 24.3. The Labute approximate surface area is 242 Å². The SMILES string of the molecule is Cc1cccc(-n2nc(-c3ccccc3)c3c2N(CC(=O)NCC(C)C)C(=O)CS[C@H]3c2ccc(F)cc2F)c1C. The van der Waals surface area contributed by atoms with Crippen LogP contribution in [0.4, 0.5) is 14.6 Å². The lowest BCUT2D eigenvalue weighted by molar-refractivity contribution is -0.123. The number of amides is 2. The van der Waals surface area contributed by atoms with Crippen LogP contribution in [-0.4, -0.2) is 40.4 Å². The van der Waals surface area contributed by atoms with Crippen LogP contribution in [0.1, 0.15) is 41.4 Å². The zero-order valence-electron chi connectivity index (χ0n) is 23.4. The molecule has 0 saturated heterocycles. The average molecular weight is 575 g/mol. The van der Waals surface area contributed by atoms with Gasteiger partial charge in [0.2, 0.25) is 11.8 Å². The minimum atomic E-state index is -0.706. The van der Waals surface area contributed by atoms with Crippen LogP contribution >= 0.6 is 11.8 Å². The lowest BCUT2D eigenvalue weighted by Gasteiger charge is -2.24. The first-order valence-corrected chi connectivity index (χ1v) is 14.6. The van der Waals surface area contributed by atoms with Gasteiger partial charge in [-0.05, 0) is 43.0 Å². The predicted molar refractivity (Wildman–Crippen MR) is 159 cm³/mol. The summed E-state index contributed by atoms with van der Waals surface area (Å²) in [4.78, 5) is 28.4. The predicted octanol–water partition coefficient (Wildman–Crippen LogP) is 6.38. The van der Waals surface area contributed by atoms with E-state index in [1.54, 1.807) is 4.68 Å². The van der Waals surface area contributed by atoms with Gasteiger partial charge in [0.1, 0.15) is 24.0 Å². The number of nitrogens with one attached hydrogen (secondary N) is 1. The Morgan fingerprint density at radius 1 is 1.07 bits per heavy atom. The summed E-state index contributed by atoms with van der Waals surface area (Å²) in [6.45, 7) is 8.21. The van der Waals surface area contributed by atoms with Crippen LogP contribution in [0.3, 0.4) is 0 Å². The van der Waals surface area contributed by atoms with Gasteiger partial charge in [0.15, 0.2) is 0 Å². The number of benzene rings is 3. The lowest BCUT2D eigenvalue weighted by atomic mass is 9.99. The molecule has 1 aliphatic heterocycles. The molecule has 0 bridgehead atoms. The van der Waals surface area contributed by atoms with Crippen molar-refractivity contribution in [2.75, 3.05) is 23.7 Å². The Morgan fingerprint density at radius 3 is 2.54 bits per heavy atom. The number of hydrogen-bond donors (Lipinski definition) is 1. The highest BCUT2D eigenvalue weighted by Crippen LogP contribution is 2.49. The minimum Gasteiger partial charge on any atom is -0.354 e. The topological polar surface area (TPSA) is 67.2 Å². The number of nitrogens with zero attached hydrogens (tertiary/aromatic N) is 3. The molecule has 0 spiro atoms. The molecule has 1 atom stereocenters. The molecule has 0 radical (unpaired) electrons. The van der Waals surface area contributed by atoms with Gasteiger partial charge >= 0.3 is 0 Å². The molecule has 0 saturated carbocycles. The second-order valence-electron chi connectivity index (χ2n) is 10.6. The van der Waals surface area contributed by atoms with E-state index in [2.05, 4.69) is 5.32 Å². The first-order valence-electron chi connectivity index (χ1n) is 13.5. The second kappa shape index (κ2) is 11.9. The third kappa shape index (κ3) is 5.77. The Balaban J connectivity index is 1.81. The van der Waals surface area contributed by atoms with Crippen LogP contribution in [0.25, 0.3) is 16.9 Å². The van der Waals surface area contributed by atoms with Gasteiger partial charge in [-0.1, -0.05) is 62.4 Å². The summed E-state index contributed by atoms with van der Waals surface area (Å²) < 4.78 is 31.1. The number of rotatable bonds is 7. The lowest BCUT2D eigenvalue weighted by Crippen LogP contribution is -2.43. The van der Waals surface area contributed by atoms with E-state index >= 15 is 4.39 Å². The normalized spacial score (nSPS) is 15.1. The summed E-state index contributed by atoms with van der Waals surface area (Å²) >= 11 is 1.24. The number of halogens is 2. The maximum Gasteiger partial charge on any atom is 0.240 e. The van der Waals surface area contributed by atoms with E-state index in [1.807, 2.05) is 76.2 Å². The van der Waals surface area contributed by atoms with Gasteiger partial charge < -0.3 is 5.32 Å². The van der Waals surface area contributed by atoms with Gasteiger partial charge in [-0.25, -0.2) is 13.5 Å². The Bertz CT molecular complexity index is 1600. The summed E-state index contributed by atoms with van der Waals surface area (Å²) in [7, 11) is 0. The molecule has 1 N–H and O–H groups in total. The van der Waals surface area contributed by atoms with Crippen LogP contribution in [0.2, 0.25) is 0 Å². The number of anilines is 1. The standard InChI is InChI=1S/C32H32F2N4O2S/c1-19(2)16-35-27(39)17-37-28(40)18-41-31(24-14-13-23(33)15-25(24)34)29-30(22-10-6-5-7-11-22)36-38(32(29)37)26-12-8-9-20(3)21(26)4/h5-15,19,31H,16-18H2,1-4H3,(H,35,39)/t31-/m0/s1. The Hall–Kier alpha value is -3.98. The van der Waals surface area contributed by atoms with Crippen molar-refractivity contribution in [2.45, 2.75) is 32.9 Å². The van der Waals surface area contributed by atoms with Gasteiger partial charge in [0.05, 0.1) is 22.4 Å². The van der Waals surface area contributed by atoms with Crippen LogP contribution < -0.4 is 10.2 Å². The highest BCUT2D eigenvalue weighted by molar-refractivity contribution is 8.00. The zero-order chi connectivity index (χ0) is 29.3. The van der Waals surface area contributed by atoms with E-state index in [9.17, 15) is 14.0 Å². The molecule has 2 heterocycles. The van der Waals surface area contributed by atoms with E-state index in [1.165, 1.54) is 28.8 Å². The first kappa shape index (κ1) is 28.5. The smallest absolute Gasteiger partial charge is 0.240 e. The molecule has 1 aliphatic rings. The van der Waals surface area contributed by atoms with E-state index < -0.39 is 16.9 Å². The van der Waals surface area contributed by atoms with Crippen molar-refractivity contribution in [1.82, 2.24) is 15.1 Å². The molecular formula is C32H32F2N4O2S. The third-order valence-corrected chi connectivity index (χ3v) is 8.43. The molecule has 3 aromatic carbocycles. The fourth-order valence-electron chi connectivity index (χ4n) is 4.94. The van der Waals surface area contributed by atoms with E-state index in [0.717, 1.165) is 28.4 Å². The maximum absolute atomic E-state index is 15.4. The highest BCUT2D eigenvalue weighted by Gasteiger charge is 2.38. The molecule has 0 unspecified atom stereocenters. The van der Waals surface area contributed by atoms with E-state index in [-0.39, 0.29) is 35.6 Å². The van der Waals surface area contributed by atoms with Crippen molar-refractivity contribution in [2.24, 2.45) is 5.92 Å². The van der Waals surface area contributed by atoms with Gasteiger partial charge in [-0.15, -0.1) is 11.8 Å². The molecule has 6 nitrogen and oxygen atoms in total. The molecule has 2 amide bonds. The Kier molecular flexibility index (Phi) is 8.26. The van der Waals surface area contributed by atoms with Gasteiger partial charge in [0.25, 0.3) is 0 Å². The number of aromatic nitrogens is 2. The number of fused-ring (bicyclic) bond motifs is 1. The summed E-state index contributed by atoms with van der Waals surface area (Å²) in [5.41, 5.74) is 4.91. The summed E-state index contributed by atoms with van der Waals surface area (Å²) in [5.74, 6) is -1.35. The first-order chi connectivity index (χ1) is 19.7. The van der Waals surface area contributed by atoms with Crippen LogP contribution in [0.15, 0.2) is 66.7 Å². The quantitative estimate of drug-likeness (QED) is 0.278. The highest BCUT2D eigenvalue weighted by atomic mass is 32.2. The molecule has 1 aromatic heterocycles. The van der Waals surface area contributed by atoms with Crippen molar-refractivity contribution in [3.05, 3.63) is 101 Å². The molecule has 212 valence electrons. The van der Waals surface area contributed by atoms with E-state index in [4.69, 9.17) is 5.10 Å². The molecule has 41 heavy (non-hydrogen) atoms.